The fraction of sp³-hybridized carbons (Fsp3) is 0.722. The van der Waals surface area contributed by atoms with Gasteiger partial charge in [0.15, 0.2) is 0 Å². The molecule has 7 heteroatoms. The van der Waals surface area contributed by atoms with Gasteiger partial charge in [0.25, 0.3) is 0 Å². The molecule has 1 aromatic rings. The molecule has 2 saturated heterocycles. The van der Waals surface area contributed by atoms with Crippen LogP contribution in [-0.2, 0) is 4.79 Å². The Morgan fingerprint density at radius 1 is 1.20 bits per heavy atom. The molecule has 1 amide bonds. The molecule has 7 nitrogen and oxygen atoms in total. The van der Waals surface area contributed by atoms with Gasteiger partial charge >= 0.3 is 6.01 Å². The van der Waals surface area contributed by atoms with Crippen molar-refractivity contribution in [2.75, 3.05) is 58.3 Å². The summed E-state index contributed by atoms with van der Waals surface area (Å²) in [7, 11) is 3.71. The number of hydrogen-bond acceptors (Lipinski definition) is 6. The zero-order valence-electron chi connectivity index (χ0n) is 15.4. The standard InChI is InChI=1S/C18H29N5O2/c1-21-8-3-9-23(13-12-21)17(24)14-15-5-10-22(11-6-15)16-4-7-19-18(20-16)25-2/h4,7,15H,3,5-6,8-14H2,1-2H3. The van der Waals surface area contributed by atoms with Crippen molar-refractivity contribution in [3.63, 3.8) is 0 Å². The Balaban J connectivity index is 1.48. The van der Waals surface area contributed by atoms with Crippen LogP contribution in [0.1, 0.15) is 25.7 Å². The van der Waals surface area contributed by atoms with Crippen molar-refractivity contribution in [3.05, 3.63) is 12.3 Å². The van der Waals surface area contributed by atoms with E-state index in [4.69, 9.17) is 4.74 Å². The number of carbonyl (C=O) groups is 1. The molecule has 0 N–H and O–H groups in total. The Morgan fingerprint density at radius 2 is 2.00 bits per heavy atom. The highest BCUT2D eigenvalue weighted by Gasteiger charge is 2.25. The van der Waals surface area contributed by atoms with Crippen LogP contribution in [0.3, 0.4) is 0 Å². The lowest BCUT2D eigenvalue weighted by molar-refractivity contribution is -0.132. The van der Waals surface area contributed by atoms with Crippen LogP contribution in [0.15, 0.2) is 12.3 Å². The molecule has 0 aromatic carbocycles. The van der Waals surface area contributed by atoms with Crippen molar-refractivity contribution in [1.82, 2.24) is 19.8 Å². The minimum Gasteiger partial charge on any atom is -0.467 e. The Morgan fingerprint density at radius 3 is 2.76 bits per heavy atom. The maximum Gasteiger partial charge on any atom is 0.318 e. The van der Waals surface area contributed by atoms with E-state index in [0.29, 0.717) is 24.3 Å². The van der Waals surface area contributed by atoms with Crippen LogP contribution in [0, 0.1) is 5.92 Å². The monoisotopic (exact) mass is 347 g/mol. The van der Waals surface area contributed by atoms with E-state index in [0.717, 1.165) is 64.3 Å². The number of hydrogen-bond donors (Lipinski definition) is 0. The molecule has 1 aromatic heterocycles. The van der Waals surface area contributed by atoms with E-state index in [1.54, 1.807) is 13.3 Å². The van der Waals surface area contributed by atoms with Crippen LogP contribution in [0.4, 0.5) is 5.82 Å². The molecule has 138 valence electrons. The molecule has 0 spiro atoms. The number of carbonyl (C=O) groups excluding carboxylic acids is 1. The lowest BCUT2D eigenvalue weighted by Gasteiger charge is -2.33. The van der Waals surface area contributed by atoms with Gasteiger partial charge in [-0.3, -0.25) is 4.79 Å². The predicted molar refractivity (Wildman–Crippen MR) is 96.8 cm³/mol. The zero-order valence-corrected chi connectivity index (χ0v) is 15.4. The molecule has 0 unspecified atom stereocenters. The smallest absolute Gasteiger partial charge is 0.318 e. The Hall–Kier alpha value is -1.89. The summed E-state index contributed by atoms with van der Waals surface area (Å²) in [4.78, 5) is 27.7. The topological polar surface area (TPSA) is 61.8 Å². The predicted octanol–water partition coefficient (Wildman–Crippen LogP) is 1.26. The average molecular weight is 347 g/mol. The van der Waals surface area contributed by atoms with E-state index >= 15 is 0 Å². The second-order valence-electron chi connectivity index (χ2n) is 7.07. The summed E-state index contributed by atoms with van der Waals surface area (Å²) in [6.45, 7) is 5.71. The molecule has 2 fully saturated rings. The highest BCUT2D eigenvalue weighted by atomic mass is 16.5. The number of amides is 1. The van der Waals surface area contributed by atoms with E-state index < -0.39 is 0 Å². The molecule has 0 saturated carbocycles. The van der Waals surface area contributed by atoms with Gasteiger partial charge in [0.05, 0.1) is 7.11 Å². The summed E-state index contributed by atoms with van der Waals surface area (Å²) >= 11 is 0. The number of piperidine rings is 1. The summed E-state index contributed by atoms with van der Waals surface area (Å²) < 4.78 is 5.10. The SMILES string of the molecule is COc1nccc(N2CCC(CC(=O)N3CCCN(C)CC3)CC2)n1. The van der Waals surface area contributed by atoms with Gasteiger partial charge in [-0.05, 0) is 44.8 Å². The summed E-state index contributed by atoms with van der Waals surface area (Å²) in [5.74, 6) is 1.72. The molecular formula is C18H29N5O2. The molecule has 0 aliphatic carbocycles. The van der Waals surface area contributed by atoms with Gasteiger partial charge in [-0.2, -0.15) is 4.98 Å². The first kappa shape index (κ1) is 17.9. The number of methoxy groups -OCH3 is 1. The molecule has 0 radical (unpaired) electrons. The van der Waals surface area contributed by atoms with E-state index in [1.165, 1.54) is 0 Å². The van der Waals surface area contributed by atoms with Crippen LogP contribution in [0.25, 0.3) is 0 Å². The third-order valence-electron chi connectivity index (χ3n) is 5.28. The fourth-order valence-corrected chi connectivity index (χ4v) is 3.64. The molecule has 25 heavy (non-hydrogen) atoms. The van der Waals surface area contributed by atoms with Crippen LogP contribution in [-0.4, -0.2) is 79.1 Å². The second kappa shape index (κ2) is 8.47. The normalized spacial score (nSPS) is 20.4. The lowest BCUT2D eigenvalue weighted by Crippen LogP contribution is -2.39. The van der Waals surface area contributed by atoms with Crippen LogP contribution < -0.4 is 9.64 Å². The van der Waals surface area contributed by atoms with Gasteiger partial charge in [0.1, 0.15) is 5.82 Å². The minimum atomic E-state index is 0.331. The van der Waals surface area contributed by atoms with Crippen LogP contribution >= 0.6 is 0 Å². The third kappa shape index (κ3) is 4.81. The Kier molecular flexibility index (Phi) is 6.07. The van der Waals surface area contributed by atoms with Gasteiger partial charge in [-0.15, -0.1) is 0 Å². The maximum absolute atomic E-state index is 12.6. The highest BCUT2D eigenvalue weighted by molar-refractivity contribution is 5.76. The van der Waals surface area contributed by atoms with Crippen molar-refractivity contribution in [3.8, 4) is 6.01 Å². The van der Waals surface area contributed by atoms with Gasteiger partial charge in [0, 0.05) is 45.3 Å². The molecule has 0 bridgehead atoms. The molecular weight excluding hydrogens is 318 g/mol. The van der Waals surface area contributed by atoms with Crippen molar-refractivity contribution in [2.45, 2.75) is 25.7 Å². The Labute approximate surface area is 150 Å². The number of anilines is 1. The summed E-state index contributed by atoms with van der Waals surface area (Å²) in [6, 6.07) is 2.32. The van der Waals surface area contributed by atoms with E-state index in [1.807, 2.05) is 6.07 Å². The van der Waals surface area contributed by atoms with Gasteiger partial charge in [-0.25, -0.2) is 4.98 Å². The van der Waals surface area contributed by atoms with Crippen LogP contribution in [0.2, 0.25) is 0 Å². The molecule has 0 atom stereocenters. The van der Waals surface area contributed by atoms with Gasteiger partial charge in [-0.1, -0.05) is 0 Å². The molecule has 3 rings (SSSR count). The second-order valence-corrected chi connectivity index (χ2v) is 7.07. The fourth-order valence-electron chi connectivity index (χ4n) is 3.64. The van der Waals surface area contributed by atoms with Crippen molar-refractivity contribution in [1.29, 1.82) is 0 Å². The van der Waals surface area contributed by atoms with Crippen LogP contribution in [0.5, 0.6) is 6.01 Å². The molecule has 3 heterocycles. The van der Waals surface area contributed by atoms with E-state index in [2.05, 4.69) is 31.7 Å². The number of aromatic nitrogens is 2. The van der Waals surface area contributed by atoms with Crippen molar-refractivity contribution < 1.29 is 9.53 Å². The quantitative estimate of drug-likeness (QED) is 0.817. The summed E-state index contributed by atoms with van der Waals surface area (Å²) in [5.41, 5.74) is 0. The van der Waals surface area contributed by atoms with Gasteiger partial charge < -0.3 is 19.4 Å². The minimum absolute atomic E-state index is 0.331. The highest BCUT2D eigenvalue weighted by Crippen LogP contribution is 2.25. The lowest BCUT2D eigenvalue weighted by atomic mass is 9.93. The van der Waals surface area contributed by atoms with Crippen molar-refractivity contribution >= 4 is 11.7 Å². The summed E-state index contributed by atoms with van der Waals surface area (Å²) in [5, 5.41) is 0. The maximum atomic E-state index is 12.6. The first-order valence-corrected chi connectivity index (χ1v) is 9.24. The number of rotatable bonds is 4. The number of nitrogens with zero attached hydrogens (tertiary/aromatic N) is 5. The van der Waals surface area contributed by atoms with E-state index in [9.17, 15) is 4.79 Å². The first-order valence-electron chi connectivity index (χ1n) is 9.24. The summed E-state index contributed by atoms with van der Waals surface area (Å²) in [6.07, 6.45) is 5.56. The molecule has 2 aliphatic rings. The molecule has 2 aliphatic heterocycles. The van der Waals surface area contributed by atoms with Gasteiger partial charge in [0.2, 0.25) is 5.91 Å². The first-order chi connectivity index (χ1) is 12.2. The number of likely N-dealkylation sites (N-methyl/N-ethyl adjacent to an activating group) is 1. The Bertz CT molecular complexity index is 574. The van der Waals surface area contributed by atoms with E-state index in [-0.39, 0.29) is 0 Å². The average Bonchev–Trinajstić information content (AvgIpc) is 2.87. The largest absolute Gasteiger partial charge is 0.467 e. The van der Waals surface area contributed by atoms with Crippen molar-refractivity contribution in [2.24, 2.45) is 5.92 Å². The zero-order chi connectivity index (χ0) is 17.6. The number of ether oxygens (including phenoxy) is 1. The third-order valence-corrected chi connectivity index (χ3v) is 5.28.